The van der Waals surface area contributed by atoms with E-state index in [1.165, 1.54) is 0 Å². The molecule has 0 atom stereocenters. The highest BCUT2D eigenvalue weighted by atomic mass is 35.5. The number of halogens is 1. The molecule has 0 amide bonds. The third-order valence-electron chi connectivity index (χ3n) is 3.64. The van der Waals surface area contributed by atoms with E-state index in [2.05, 4.69) is 14.5 Å². The average Bonchev–Trinajstić information content (AvgIpc) is 2.90. The Labute approximate surface area is 134 Å². The number of aromatic nitrogens is 3. The predicted octanol–water partition coefficient (Wildman–Crippen LogP) is 3.33. The number of hydrogen-bond acceptors (Lipinski definition) is 4. The summed E-state index contributed by atoms with van der Waals surface area (Å²) in [5, 5.41) is 1.05. The molecule has 0 radical (unpaired) electrons. The van der Waals surface area contributed by atoms with Crippen molar-refractivity contribution in [2.24, 2.45) is 0 Å². The van der Waals surface area contributed by atoms with Gasteiger partial charge in [-0.05, 0) is 19.4 Å². The second-order valence-electron chi connectivity index (χ2n) is 5.07. The van der Waals surface area contributed by atoms with Crippen molar-refractivity contribution in [2.75, 3.05) is 18.2 Å². The molecule has 2 aromatic heterocycles. The SMILES string of the molecule is CCOCc1nc2c(N)nc3ccccc3c2n1CCCCl. The first-order valence-electron chi connectivity index (χ1n) is 7.43. The van der Waals surface area contributed by atoms with Crippen molar-refractivity contribution >= 4 is 39.4 Å². The van der Waals surface area contributed by atoms with Crippen molar-refractivity contribution in [3.63, 3.8) is 0 Å². The number of nitrogen functional groups attached to an aromatic ring is 1. The van der Waals surface area contributed by atoms with Crippen LogP contribution >= 0.6 is 11.6 Å². The highest BCUT2D eigenvalue weighted by Gasteiger charge is 2.16. The van der Waals surface area contributed by atoms with E-state index < -0.39 is 0 Å². The second kappa shape index (κ2) is 6.50. The molecule has 0 aliphatic carbocycles. The lowest BCUT2D eigenvalue weighted by Gasteiger charge is -2.10. The minimum absolute atomic E-state index is 0.455. The zero-order chi connectivity index (χ0) is 15.5. The molecule has 22 heavy (non-hydrogen) atoms. The summed E-state index contributed by atoms with van der Waals surface area (Å²) >= 11 is 5.87. The maximum Gasteiger partial charge on any atom is 0.152 e. The summed E-state index contributed by atoms with van der Waals surface area (Å²) < 4.78 is 7.70. The zero-order valence-corrected chi connectivity index (χ0v) is 13.3. The van der Waals surface area contributed by atoms with Crippen LogP contribution in [-0.2, 0) is 17.9 Å². The van der Waals surface area contributed by atoms with Gasteiger partial charge in [-0.15, -0.1) is 11.6 Å². The molecule has 2 N–H and O–H groups in total. The van der Waals surface area contributed by atoms with Crippen LogP contribution in [0.5, 0.6) is 0 Å². The van der Waals surface area contributed by atoms with Gasteiger partial charge in [0.25, 0.3) is 0 Å². The van der Waals surface area contributed by atoms with Crippen molar-refractivity contribution < 1.29 is 4.74 Å². The number of anilines is 1. The summed E-state index contributed by atoms with van der Waals surface area (Å²) in [7, 11) is 0. The predicted molar refractivity (Wildman–Crippen MR) is 90.1 cm³/mol. The van der Waals surface area contributed by atoms with Crippen molar-refractivity contribution in [1.82, 2.24) is 14.5 Å². The van der Waals surface area contributed by atoms with Crippen LogP contribution in [0.3, 0.4) is 0 Å². The number of aryl methyl sites for hydroxylation is 1. The summed E-state index contributed by atoms with van der Waals surface area (Å²) in [6.45, 7) is 3.86. The molecule has 5 nitrogen and oxygen atoms in total. The van der Waals surface area contributed by atoms with E-state index in [1.807, 2.05) is 31.2 Å². The van der Waals surface area contributed by atoms with Crippen molar-refractivity contribution in [3.8, 4) is 0 Å². The summed E-state index contributed by atoms with van der Waals surface area (Å²) in [5.74, 6) is 1.93. The Morgan fingerprint density at radius 2 is 2.09 bits per heavy atom. The number of benzene rings is 1. The summed E-state index contributed by atoms with van der Waals surface area (Å²) in [6.07, 6.45) is 0.864. The molecular formula is C16H19ClN4O. The Bertz CT molecular complexity index is 800. The Balaban J connectivity index is 2.27. The van der Waals surface area contributed by atoms with Gasteiger partial charge in [0.05, 0.1) is 11.0 Å². The van der Waals surface area contributed by atoms with E-state index in [0.29, 0.717) is 24.9 Å². The summed E-state index contributed by atoms with van der Waals surface area (Å²) in [5.41, 5.74) is 8.74. The number of nitrogens with zero attached hydrogens (tertiary/aromatic N) is 3. The molecule has 0 unspecified atom stereocenters. The molecule has 3 aromatic rings. The van der Waals surface area contributed by atoms with Crippen LogP contribution in [-0.4, -0.2) is 27.0 Å². The molecule has 0 bridgehead atoms. The molecule has 0 saturated carbocycles. The monoisotopic (exact) mass is 318 g/mol. The van der Waals surface area contributed by atoms with E-state index in [9.17, 15) is 0 Å². The number of hydrogen-bond donors (Lipinski definition) is 1. The van der Waals surface area contributed by atoms with Crippen molar-refractivity contribution in [2.45, 2.75) is 26.5 Å². The van der Waals surface area contributed by atoms with Gasteiger partial charge in [0.1, 0.15) is 17.9 Å². The molecule has 116 valence electrons. The fraction of sp³-hybridized carbons (Fsp3) is 0.375. The number of rotatable bonds is 6. The molecule has 1 aromatic carbocycles. The molecule has 0 aliphatic rings. The lowest BCUT2D eigenvalue weighted by atomic mass is 10.2. The van der Waals surface area contributed by atoms with Gasteiger partial charge in [-0.2, -0.15) is 0 Å². The maximum absolute atomic E-state index is 6.11. The topological polar surface area (TPSA) is 66.0 Å². The molecule has 0 aliphatic heterocycles. The van der Waals surface area contributed by atoms with E-state index in [1.54, 1.807) is 0 Å². The standard InChI is InChI=1S/C16H19ClN4O/c1-2-22-10-13-20-14-15(21(13)9-5-8-17)11-6-3-4-7-12(11)19-16(14)18/h3-4,6-7H,2,5,8-10H2,1H3,(H2,18,19). The van der Waals surface area contributed by atoms with Gasteiger partial charge < -0.3 is 15.0 Å². The molecule has 3 rings (SSSR count). The number of nitrogens with two attached hydrogens (primary N) is 1. The van der Waals surface area contributed by atoms with E-state index in [4.69, 9.17) is 22.1 Å². The third kappa shape index (κ3) is 2.62. The second-order valence-corrected chi connectivity index (χ2v) is 5.45. The van der Waals surface area contributed by atoms with Gasteiger partial charge in [0.2, 0.25) is 0 Å². The van der Waals surface area contributed by atoms with Crippen LogP contribution in [0.15, 0.2) is 24.3 Å². The fourth-order valence-electron chi connectivity index (χ4n) is 2.67. The lowest BCUT2D eigenvalue weighted by molar-refractivity contribution is 0.126. The van der Waals surface area contributed by atoms with Gasteiger partial charge in [-0.1, -0.05) is 18.2 Å². The zero-order valence-electron chi connectivity index (χ0n) is 12.6. The van der Waals surface area contributed by atoms with E-state index >= 15 is 0 Å². The molecule has 6 heteroatoms. The normalized spacial score (nSPS) is 11.5. The first-order chi connectivity index (χ1) is 10.8. The third-order valence-corrected chi connectivity index (χ3v) is 3.91. The first-order valence-corrected chi connectivity index (χ1v) is 7.96. The minimum atomic E-state index is 0.455. The van der Waals surface area contributed by atoms with Gasteiger partial charge in [0, 0.05) is 24.4 Å². The Morgan fingerprint density at radius 1 is 1.27 bits per heavy atom. The smallest absolute Gasteiger partial charge is 0.152 e. The van der Waals surface area contributed by atoms with Crippen molar-refractivity contribution in [3.05, 3.63) is 30.1 Å². The first kappa shape index (κ1) is 15.1. The largest absolute Gasteiger partial charge is 0.382 e. The molecule has 0 saturated heterocycles. The molecule has 2 heterocycles. The van der Waals surface area contributed by atoms with Crippen LogP contribution in [0.25, 0.3) is 21.9 Å². The van der Waals surface area contributed by atoms with Crippen LogP contribution in [0.1, 0.15) is 19.2 Å². The Morgan fingerprint density at radius 3 is 2.86 bits per heavy atom. The number of ether oxygens (including phenoxy) is 1. The maximum atomic E-state index is 6.11. The highest BCUT2D eigenvalue weighted by Crippen LogP contribution is 2.29. The number of para-hydroxylation sites is 1. The fourth-order valence-corrected chi connectivity index (χ4v) is 2.79. The van der Waals surface area contributed by atoms with Gasteiger partial charge in [0.15, 0.2) is 5.82 Å². The minimum Gasteiger partial charge on any atom is -0.382 e. The van der Waals surface area contributed by atoms with Crippen LogP contribution in [0.4, 0.5) is 5.82 Å². The Hall–Kier alpha value is -1.85. The summed E-state index contributed by atoms with van der Waals surface area (Å²) in [6, 6.07) is 7.97. The van der Waals surface area contributed by atoms with Crippen LogP contribution in [0.2, 0.25) is 0 Å². The number of pyridine rings is 1. The van der Waals surface area contributed by atoms with Crippen LogP contribution < -0.4 is 5.73 Å². The molecule has 0 fully saturated rings. The average molecular weight is 319 g/mol. The lowest BCUT2D eigenvalue weighted by Crippen LogP contribution is -2.07. The van der Waals surface area contributed by atoms with E-state index in [0.717, 1.165) is 40.7 Å². The Kier molecular flexibility index (Phi) is 4.45. The highest BCUT2D eigenvalue weighted by molar-refractivity contribution is 6.17. The quantitative estimate of drug-likeness (QED) is 0.708. The number of imidazole rings is 1. The van der Waals surface area contributed by atoms with E-state index in [-0.39, 0.29) is 0 Å². The van der Waals surface area contributed by atoms with Crippen LogP contribution in [0, 0.1) is 0 Å². The van der Waals surface area contributed by atoms with Gasteiger partial charge >= 0.3 is 0 Å². The van der Waals surface area contributed by atoms with Gasteiger partial charge in [-0.25, -0.2) is 9.97 Å². The summed E-state index contributed by atoms with van der Waals surface area (Å²) in [4.78, 5) is 9.11. The molecular weight excluding hydrogens is 300 g/mol. The number of alkyl halides is 1. The van der Waals surface area contributed by atoms with Crippen molar-refractivity contribution in [1.29, 1.82) is 0 Å². The molecule has 0 spiro atoms. The van der Waals surface area contributed by atoms with Gasteiger partial charge in [-0.3, -0.25) is 0 Å². The number of fused-ring (bicyclic) bond motifs is 3.